The van der Waals surface area contributed by atoms with Crippen LogP contribution in [0.2, 0.25) is 0 Å². The number of hydrogen-bond acceptors (Lipinski definition) is 3. The minimum absolute atomic E-state index is 0.183. The molecule has 96 valence electrons. The van der Waals surface area contributed by atoms with Crippen molar-refractivity contribution in [1.82, 2.24) is 4.90 Å². The Labute approximate surface area is 101 Å². The van der Waals surface area contributed by atoms with Crippen molar-refractivity contribution < 1.29 is 14.6 Å². The first-order chi connectivity index (χ1) is 8.02. The van der Waals surface area contributed by atoms with E-state index in [1.165, 1.54) is 6.07 Å². The topological polar surface area (TPSA) is 43.7 Å². The van der Waals surface area contributed by atoms with Crippen LogP contribution in [-0.4, -0.2) is 48.0 Å². The van der Waals surface area contributed by atoms with Gasteiger partial charge < -0.3 is 15.1 Å². The first-order valence-electron chi connectivity index (χ1n) is 5.75. The molecule has 3 nitrogen and oxygen atoms in total. The molecule has 1 unspecified atom stereocenters. The van der Waals surface area contributed by atoms with Gasteiger partial charge in [-0.1, -0.05) is 12.1 Å². The van der Waals surface area contributed by atoms with E-state index in [0.29, 0.717) is 12.1 Å². The molecular formula is C13H20FNO2. The molecular weight excluding hydrogens is 221 g/mol. The summed E-state index contributed by atoms with van der Waals surface area (Å²) >= 11 is 0. The summed E-state index contributed by atoms with van der Waals surface area (Å²) in [6, 6.07) is 5.09. The summed E-state index contributed by atoms with van der Waals surface area (Å²) in [5.74, 6) is -0.183. The van der Waals surface area contributed by atoms with Gasteiger partial charge in [-0.15, -0.1) is 0 Å². The summed E-state index contributed by atoms with van der Waals surface area (Å²) < 4.78 is 13.0. The van der Waals surface area contributed by atoms with Crippen LogP contribution >= 0.6 is 0 Å². The van der Waals surface area contributed by atoms with E-state index in [-0.39, 0.29) is 12.4 Å². The summed E-state index contributed by atoms with van der Waals surface area (Å²) in [7, 11) is 1.88. The molecule has 0 spiro atoms. The van der Waals surface area contributed by atoms with Crippen LogP contribution in [0, 0.1) is 12.7 Å². The fourth-order valence-corrected chi connectivity index (χ4v) is 1.69. The number of halogens is 1. The largest absolute Gasteiger partial charge is 0.394 e. The molecule has 0 bridgehead atoms. The first kappa shape index (κ1) is 14.1. The van der Waals surface area contributed by atoms with Gasteiger partial charge in [0.05, 0.1) is 12.7 Å². The predicted octanol–water partition coefficient (Wildman–Crippen LogP) is 0.962. The van der Waals surface area contributed by atoms with E-state index >= 15 is 0 Å². The van der Waals surface area contributed by atoms with Crippen molar-refractivity contribution in [2.75, 3.05) is 26.7 Å². The minimum atomic E-state index is -0.699. The van der Waals surface area contributed by atoms with Gasteiger partial charge in [-0.3, -0.25) is 0 Å². The Kier molecular flexibility index (Phi) is 5.55. The summed E-state index contributed by atoms with van der Waals surface area (Å²) in [6.45, 7) is 2.73. The van der Waals surface area contributed by atoms with Gasteiger partial charge in [0.2, 0.25) is 0 Å². The summed E-state index contributed by atoms with van der Waals surface area (Å²) in [5, 5.41) is 18.0. The molecule has 17 heavy (non-hydrogen) atoms. The number of aliphatic hydroxyl groups excluding tert-OH is 2. The maximum atomic E-state index is 13.0. The first-order valence-corrected chi connectivity index (χ1v) is 5.75. The molecule has 1 rings (SSSR count). The second kappa shape index (κ2) is 6.69. The molecule has 1 aromatic carbocycles. The monoisotopic (exact) mass is 241 g/mol. The van der Waals surface area contributed by atoms with E-state index in [0.717, 1.165) is 18.5 Å². The highest BCUT2D eigenvalue weighted by Crippen LogP contribution is 2.10. The van der Waals surface area contributed by atoms with Crippen molar-refractivity contribution in [2.24, 2.45) is 0 Å². The SMILES string of the molecule is Cc1cc(CCN(C)CC(O)CO)ccc1F. The van der Waals surface area contributed by atoms with Crippen LogP contribution in [0.15, 0.2) is 18.2 Å². The zero-order chi connectivity index (χ0) is 12.8. The van der Waals surface area contributed by atoms with Gasteiger partial charge in [-0.25, -0.2) is 4.39 Å². The van der Waals surface area contributed by atoms with Gasteiger partial charge in [0, 0.05) is 13.1 Å². The fraction of sp³-hybridized carbons (Fsp3) is 0.538. The van der Waals surface area contributed by atoms with Crippen LogP contribution in [0.5, 0.6) is 0 Å². The molecule has 1 aromatic rings. The second-order valence-electron chi connectivity index (χ2n) is 4.43. The maximum absolute atomic E-state index is 13.0. The summed E-state index contributed by atoms with van der Waals surface area (Å²) in [5.41, 5.74) is 1.73. The van der Waals surface area contributed by atoms with Crippen LogP contribution in [0.3, 0.4) is 0 Å². The average Bonchev–Trinajstić information content (AvgIpc) is 2.30. The Balaban J connectivity index is 2.42. The molecule has 2 N–H and O–H groups in total. The Bertz CT molecular complexity index is 357. The maximum Gasteiger partial charge on any atom is 0.126 e. The molecule has 0 amide bonds. The van der Waals surface area contributed by atoms with Gasteiger partial charge in [-0.05, 0) is 37.6 Å². The van der Waals surface area contributed by atoms with Crippen LogP contribution < -0.4 is 0 Å². The molecule has 0 radical (unpaired) electrons. The minimum Gasteiger partial charge on any atom is -0.394 e. The van der Waals surface area contributed by atoms with Crippen molar-refractivity contribution in [1.29, 1.82) is 0 Å². The number of nitrogens with zero attached hydrogens (tertiary/aromatic N) is 1. The molecule has 0 saturated heterocycles. The van der Waals surface area contributed by atoms with E-state index in [1.54, 1.807) is 13.0 Å². The Morgan fingerprint density at radius 3 is 2.71 bits per heavy atom. The molecule has 4 heteroatoms. The van der Waals surface area contributed by atoms with Crippen molar-refractivity contribution in [3.63, 3.8) is 0 Å². The fourth-order valence-electron chi connectivity index (χ4n) is 1.69. The zero-order valence-electron chi connectivity index (χ0n) is 10.4. The lowest BCUT2D eigenvalue weighted by atomic mass is 10.1. The lowest BCUT2D eigenvalue weighted by Gasteiger charge is -2.19. The number of rotatable bonds is 6. The van der Waals surface area contributed by atoms with Crippen LogP contribution in [-0.2, 0) is 6.42 Å². The molecule has 0 aromatic heterocycles. The normalized spacial score (nSPS) is 13.1. The summed E-state index contributed by atoms with van der Waals surface area (Å²) in [4.78, 5) is 1.94. The molecule has 1 atom stereocenters. The van der Waals surface area contributed by atoms with Gasteiger partial charge in [0.25, 0.3) is 0 Å². The quantitative estimate of drug-likeness (QED) is 0.779. The Morgan fingerprint density at radius 1 is 1.41 bits per heavy atom. The lowest BCUT2D eigenvalue weighted by Crippen LogP contribution is -2.32. The van der Waals surface area contributed by atoms with E-state index < -0.39 is 6.10 Å². The third-order valence-electron chi connectivity index (χ3n) is 2.74. The van der Waals surface area contributed by atoms with Crippen molar-refractivity contribution in [2.45, 2.75) is 19.4 Å². The van der Waals surface area contributed by atoms with Crippen LogP contribution in [0.25, 0.3) is 0 Å². The number of hydrogen-bond donors (Lipinski definition) is 2. The zero-order valence-corrected chi connectivity index (χ0v) is 10.4. The molecule has 0 heterocycles. The summed E-state index contributed by atoms with van der Waals surface area (Å²) in [6.07, 6.45) is 0.102. The van der Waals surface area contributed by atoms with Crippen molar-refractivity contribution >= 4 is 0 Å². The predicted molar refractivity (Wildman–Crippen MR) is 65.4 cm³/mol. The van der Waals surface area contributed by atoms with Crippen molar-refractivity contribution in [3.8, 4) is 0 Å². The van der Waals surface area contributed by atoms with E-state index in [4.69, 9.17) is 5.11 Å². The van der Waals surface area contributed by atoms with Crippen molar-refractivity contribution in [3.05, 3.63) is 35.1 Å². The van der Waals surface area contributed by atoms with Gasteiger partial charge in [0.1, 0.15) is 5.82 Å². The van der Waals surface area contributed by atoms with E-state index in [9.17, 15) is 9.50 Å². The number of aryl methyl sites for hydroxylation is 1. The highest BCUT2D eigenvalue weighted by molar-refractivity contribution is 5.24. The standard InChI is InChI=1S/C13H20FNO2/c1-10-7-11(3-4-13(10)14)5-6-15(2)8-12(17)9-16/h3-4,7,12,16-17H,5-6,8-9H2,1-2H3. The Morgan fingerprint density at radius 2 is 2.12 bits per heavy atom. The van der Waals surface area contributed by atoms with Gasteiger partial charge >= 0.3 is 0 Å². The Hall–Kier alpha value is -0.970. The van der Waals surface area contributed by atoms with E-state index in [1.807, 2.05) is 18.0 Å². The van der Waals surface area contributed by atoms with E-state index in [2.05, 4.69) is 0 Å². The molecule has 0 fully saturated rings. The molecule has 0 saturated carbocycles. The van der Waals surface area contributed by atoms with Crippen LogP contribution in [0.4, 0.5) is 4.39 Å². The van der Waals surface area contributed by atoms with Gasteiger partial charge in [-0.2, -0.15) is 0 Å². The molecule has 0 aliphatic carbocycles. The van der Waals surface area contributed by atoms with Gasteiger partial charge in [0.15, 0.2) is 0 Å². The molecule has 0 aliphatic rings. The third kappa shape index (κ3) is 4.81. The second-order valence-corrected chi connectivity index (χ2v) is 4.43. The number of likely N-dealkylation sites (N-methyl/N-ethyl adjacent to an activating group) is 1. The van der Waals surface area contributed by atoms with Crippen LogP contribution in [0.1, 0.15) is 11.1 Å². The number of aliphatic hydroxyl groups is 2. The number of benzene rings is 1. The molecule has 0 aliphatic heterocycles. The smallest absolute Gasteiger partial charge is 0.126 e. The average molecular weight is 241 g/mol. The third-order valence-corrected chi connectivity index (χ3v) is 2.74. The lowest BCUT2D eigenvalue weighted by molar-refractivity contribution is 0.0669. The highest BCUT2D eigenvalue weighted by atomic mass is 19.1. The highest BCUT2D eigenvalue weighted by Gasteiger charge is 2.07.